The van der Waals surface area contributed by atoms with Crippen LogP contribution >= 0.6 is 11.3 Å². The minimum atomic E-state index is -3.97. The molecule has 0 aliphatic rings. The highest BCUT2D eigenvalue weighted by atomic mass is 32.2. The first-order valence-electron chi connectivity index (χ1n) is 7.50. The van der Waals surface area contributed by atoms with Gasteiger partial charge in [0.2, 0.25) is 5.91 Å². The van der Waals surface area contributed by atoms with Crippen molar-refractivity contribution in [1.82, 2.24) is 15.2 Å². The van der Waals surface area contributed by atoms with Crippen molar-refractivity contribution >= 4 is 27.3 Å². The van der Waals surface area contributed by atoms with Crippen LogP contribution in [-0.2, 0) is 21.2 Å². The summed E-state index contributed by atoms with van der Waals surface area (Å²) >= 11 is 1.31. The molecule has 0 radical (unpaired) electrons. The Morgan fingerprint density at radius 3 is 2.46 bits per heavy atom. The molecule has 134 valence electrons. The highest BCUT2D eigenvalue weighted by Crippen LogP contribution is 2.21. The van der Waals surface area contributed by atoms with Crippen LogP contribution in [0.15, 0.2) is 64.9 Å². The fourth-order valence-corrected chi connectivity index (χ4v) is 3.77. The fraction of sp³-hybridized carbons (Fsp3) is 0.0588. The molecule has 0 saturated carbocycles. The summed E-state index contributed by atoms with van der Waals surface area (Å²) in [5.41, 5.74) is 3.82. The lowest BCUT2D eigenvalue weighted by atomic mass is 10.2. The van der Waals surface area contributed by atoms with Crippen LogP contribution in [0.3, 0.4) is 0 Å². The van der Waals surface area contributed by atoms with Crippen LogP contribution in [-0.4, -0.2) is 19.3 Å². The van der Waals surface area contributed by atoms with Gasteiger partial charge in [0, 0.05) is 10.9 Å². The summed E-state index contributed by atoms with van der Waals surface area (Å²) in [6.45, 7) is 0. The number of hydrogen-bond donors (Lipinski definition) is 2. The SMILES string of the molecule is O=C(Cc1nc(-c2ccccc2)cs1)NNS(=O)(=O)c1ccc(F)cc1. The summed E-state index contributed by atoms with van der Waals surface area (Å²) in [7, 11) is -3.97. The van der Waals surface area contributed by atoms with E-state index >= 15 is 0 Å². The molecule has 2 aromatic carbocycles. The summed E-state index contributed by atoms with van der Waals surface area (Å²) in [4.78, 5) is 18.2. The van der Waals surface area contributed by atoms with Gasteiger partial charge < -0.3 is 0 Å². The van der Waals surface area contributed by atoms with Gasteiger partial charge in [-0.25, -0.2) is 17.8 Å². The Morgan fingerprint density at radius 2 is 1.77 bits per heavy atom. The van der Waals surface area contributed by atoms with Gasteiger partial charge in [-0.15, -0.1) is 16.2 Å². The van der Waals surface area contributed by atoms with Gasteiger partial charge in [-0.05, 0) is 24.3 Å². The molecule has 0 saturated heterocycles. The number of thiazole rings is 1. The lowest BCUT2D eigenvalue weighted by Gasteiger charge is -2.07. The molecule has 1 aromatic heterocycles. The van der Waals surface area contributed by atoms with E-state index in [1.54, 1.807) is 0 Å². The van der Waals surface area contributed by atoms with E-state index < -0.39 is 21.7 Å². The summed E-state index contributed by atoms with van der Waals surface area (Å²) in [6.07, 6.45) is -0.0660. The van der Waals surface area contributed by atoms with Crippen molar-refractivity contribution in [2.45, 2.75) is 11.3 Å². The van der Waals surface area contributed by atoms with Crippen molar-refractivity contribution < 1.29 is 17.6 Å². The second-order valence-corrected chi connectivity index (χ2v) is 7.90. The molecule has 0 aliphatic heterocycles. The first-order chi connectivity index (χ1) is 12.4. The molecule has 0 aliphatic carbocycles. The quantitative estimate of drug-likeness (QED) is 0.632. The number of nitrogens with one attached hydrogen (secondary N) is 2. The lowest BCUT2D eigenvalue weighted by Crippen LogP contribution is -2.42. The lowest BCUT2D eigenvalue weighted by molar-refractivity contribution is -0.120. The standard InChI is InChI=1S/C17H14FN3O3S2/c18-13-6-8-14(9-7-13)26(23,24)21-20-16(22)10-17-19-15(11-25-17)12-4-2-1-3-5-12/h1-9,11,21H,10H2,(H,20,22). The Hall–Kier alpha value is -2.62. The second kappa shape index (κ2) is 7.73. The van der Waals surface area contributed by atoms with Crippen molar-refractivity contribution in [2.24, 2.45) is 0 Å². The number of carbonyl (C=O) groups excluding carboxylic acids is 1. The minimum absolute atomic E-state index is 0.0660. The Morgan fingerprint density at radius 1 is 1.08 bits per heavy atom. The van der Waals surface area contributed by atoms with E-state index in [4.69, 9.17) is 0 Å². The molecular formula is C17H14FN3O3S2. The van der Waals surface area contributed by atoms with Crippen LogP contribution in [0.1, 0.15) is 5.01 Å². The first kappa shape index (κ1) is 18.2. The molecule has 3 aromatic rings. The van der Waals surface area contributed by atoms with Gasteiger partial charge in [0.25, 0.3) is 10.0 Å². The molecular weight excluding hydrogens is 377 g/mol. The van der Waals surface area contributed by atoms with Gasteiger partial charge in [0.15, 0.2) is 0 Å². The molecule has 0 fully saturated rings. The molecule has 0 atom stereocenters. The first-order valence-corrected chi connectivity index (χ1v) is 9.86. The summed E-state index contributed by atoms with van der Waals surface area (Å²) in [5, 5.41) is 2.39. The molecule has 1 heterocycles. The molecule has 0 bridgehead atoms. The van der Waals surface area contributed by atoms with Gasteiger partial charge in [0.05, 0.1) is 17.0 Å². The third-order valence-electron chi connectivity index (χ3n) is 3.38. The van der Waals surface area contributed by atoms with E-state index in [9.17, 15) is 17.6 Å². The largest absolute Gasteiger partial charge is 0.277 e. The number of carbonyl (C=O) groups is 1. The van der Waals surface area contributed by atoms with E-state index in [1.165, 1.54) is 11.3 Å². The fourth-order valence-electron chi connectivity index (χ4n) is 2.11. The van der Waals surface area contributed by atoms with Crippen LogP contribution in [0.5, 0.6) is 0 Å². The average molecular weight is 391 g/mol. The predicted octanol–water partition coefficient (Wildman–Crippen LogP) is 2.50. The molecule has 6 nitrogen and oxygen atoms in total. The van der Waals surface area contributed by atoms with E-state index in [2.05, 4.69) is 10.4 Å². The van der Waals surface area contributed by atoms with Crippen molar-refractivity contribution in [2.75, 3.05) is 0 Å². The van der Waals surface area contributed by atoms with Crippen LogP contribution in [0.25, 0.3) is 11.3 Å². The van der Waals surface area contributed by atoms with Crippen LogP contribution in [0.4, 0.5) is 4.39 Å². The second-order valence-electron chi connectivity index (χ2n) is 5.28. The summed E-state index contributed by atoms with van der Waals surface area (Å²) in [5.74, 6) is -1.10. The zero-order valence-corrected chi connectivity index (χ0v) is 15.0. The third kappa shape index (κ3) is 4.51. The van der Waals surface area contributed by atoms with Crippen molar-refractivity contribution in [3.63, 3.8) is 0 Å². The normalized spacial score (nSPS) is 11.3. The highest BCUT2D eigenvalue weighted by molar-refractivity contribution is 7.89. The molecule has 26 heavy (non-hydrogen) atoms. The van der Waals surface area contributed by atoms with Gasteiger partial charge in [-0.2, -0.15) is 0 Å². The number of amides is 1. The monoisotopic (exact) mass is 391 g/mol. The average Bonchev–Trinajstić information content (AvgIpc) is 3.10. The topological polar surface area (TPSA) is 88.2 Å². The van der Waals surface area contributed by atoms with Crippen LogP contribution in [0, 0.1) is 5.82 Å². The maximum atomic E-state index is 12.9. The Labute approximate surface area is 153 Å². The van der Waals surface area contributed by atoms with Crippen LogP contribution < -0.4 is 10.3 Å². The van der Waals surface area contributed by atoms with E-state index in [-0.39, 0.29) is 11.3 Å². The molecule has 0 spiro atoms. The summed E-state index contributed by atoms with van der Waals surface area (Å²) in [6, 6.07) is 13.8. The van der Waals surface area contributed by atoms with E-state index in [0.717, 1.165) is 35.5 Å². The number of aromatic nitrogens is 1. The zero-order chi connectivity index (χ0) is 18.6. The Balaban J connectivity index is 1.59. The molecule has 1 amide bonds. The summed E-state index contributed by atoms with van der Waals surface area (Å²) < 4.78 is 36.9. The van der Waals surface area contributed by atoms with Crippen LogP contribution in [0.2, 0.25) is 0 Å². The predicted molar refractivity (Wildman–Crippen MR) is 96.1 cm³/mol. The number of hydrogen-bond acceptors (Lipinski definition) is 5. The molecule has 3 rings (SSSR count). The molecule has 2 N–H and O–H groups in total. The third-order valence-corrected chi connectivity index (χ3v) is 5.49. The van der Waals surface area contributed by atoms with E-state index in [1.807, 2.05) is 40.5 Å². The molecule has 0 unspecified atom stereocenters. The number of nitrogens with zero attached hydrogens (tertiary/aromatic N) is 1. The number of rotatable bonds is 6. The number of benzene rings is 2. The van der Waals surface area contributed by atoms with Gasteiger partial charge in [-0.1, -0.05) is 30.3 Å². The van der Waals surface area contributed by atoms with Crippen molar-refractivity contribution in [3.8, 4) is 11.3 Å². The maximum absolute atomic E-state index is 12.9. The maximum Gasteiger partial charge on any atom is 0.257 e. The smallest absolute Gasteiger partial charge is 0.257 e. The van der Waals surface area contributed by atoms with Gasteiger partial charge in [0.1, 0.15) is 10.8 Å². The van der Waals surface area contributed by atoms with E-state index in [0.29, 0.717) is 5.01 Å². The molecule has 9 heteroatoms. The van der Waals surface area contributed by atoms with Gasteiger partial charge >= 0.3 is 0 Å². The Bertz CT molecular complexity index is 1000. The minimum Gasteiger partial charge on any atom is -0.277 e. The highest BCUT2D eigenvalue weighted by Gasteiger charge is 2.16. The van der Waals surface area contributed by atoms with Gasteiger partial charge in [-0.3, -0.25) is 10.2 Å². The number of sulfonamides is 1. The Kier molecular flexibility index (Phi) is 5.40. The number of hydrazine groups is 1. The zero-order valence-electron chi connectivity index (χ0n) is 13.3. The number of halogens is 1. The van der Waals surface area contributed by atoms with Crippen molar-refractivity contribution in [3.05, 3.63) is 70.8 Å². The van der Waals surface area contributed by atoms with Crippen molar-refractivity contribution in [1.29, 1.82) is 0 Å².